The van der Waals surface area contributed by atoms with Gasteiger partial charge in [-0.25, -0.2) is 0 Å². The lowest BCUT2D eigenvalue weighted by atomic mass is 10.2. The van der Waals surface area contributed by atoms with Gasteiger partial charge in [-0.05, 0) is 13.8 Å². The van der Waals surface area contributed by atoms with Crippen molar-refractivity contribution >= 4 is 5.97 Å². The number of carbonyl (C=O) groups excluding carboxylic acids is 1. The van der Waals surface area contributed by atoms with E-state index in [4.69, 9.17) is 5.11 Å². The molecular formula is C12H30O4. The minimum atomic E-state index is -0.211. The summed E-state index contributed by atoms with van der Waals surface area (Å²) in [4.78, 5) is 9.82. The molecule has 0 saturated heterocycles. The fourth-order valence-electron chi connectivity index (χ4n) is 0.703. The van der Waals surface area contributed by atoms with Crippen molar-refractivity contribution in [3.8, 4) is 0 Å². The molecule has 0 aliphatic rings. The van der Waals surface area contributed by atoms with Crippen LogP contribution in [0.25, 0.3) is 0 Å². The number of unbranched alkanes of at least 4 members (excludes halogenated alkanes) is 3. The quantitative estimate of drug-likeness (QED) is 0.603. The van der Waals surface area contributed by atoms with Gasteiger partial charge < -0.3 is 15.3 Å². The molecule has 0 atom stereocenters. The molecule has 0 unspecified atom stereocenters. The Hall–Kier alpha value is -0.610. The van der Waals surface area contributed by atoms with Crippen molar-refractivity contribution in [3.63, 3.8) is 0 Å². The van der Waals surface area contributed by atoms with Crippen LogP contribution < -0.4 is 0 Å². The molecule has 0 aromatic heterocycles. The van der Waals surface area contributed by atoms with E-state index in [1.165, 1.54) is 32.6 Å². The van der Waals surface area contributed by atoms with Crippen molar-refractivity contribution in [3.05, 3.63) is 0 Å². The lowest BCUT2D eigenvalue weighted by Crippen LogP contribution is -1.95. The van der Waals surface area contributed by atoms with Gasteiger partial charge in [-0.2, -0.15) is 0 Å². The van der Waals surface area contributed by atoms with Crippen LogP contribution in [-0.4, -0.2) is 29.8 Å². The van der Waals surface area contributed by atoms with Crippen molar-refractivity contribution in [2.24, 2.45) is 0 Å². The van der Waals surface area contributed by atoms with Crippen molar-refractivity contribution in [2.75, 3.05) is 13.2 Å². The second-order valence-electron chi connectivity index (χ2n) is 2.95. The van der Waals surface area contributed by atoms with E-state index >= 15 is 0 Å². The van der Waals surface area contributed by atoms with Crippen LogP contribution in [0.5, 0.6) is 0 Å². The molecule has 0 aliphatic heterocycles. The van der Waals surface area contributed by atoms with Gasteiger partial charge in [0, 0.05) is 13.5 Å². The third-order valence-electron chi connectivity index (χ3n) is 1.30. The number of carbonyl (C=O) groups is 1. The maximum Gasteiger partial charge on any atom is 0.302 e. The average molecular weight is 238 g/mol. The van der Waals surface area contributed by atoms with E-state index in [0.717, 1.165) is 0 Å². The minimum absolute atomic E-state index is 0. The number of esters is 1. The number of aliphatic hydroxyl groups is 1. The Bertz CT molecular complexity index is 101. The third kappa shape index (κ3) is 70.8. The monoisotopic (exact) mass is 238 g/mol. The summed E-state index contributed by atoms with van der Waals surface area (Å²) in [5, 5.41) is 7.57. The smallest absolute Gasteiger partial charge is 0.302 e. The highest BCUT2D eigenvalue weighted by Gasteiger charge is 1.81. The van der Waals surface area contributed by atoms with Crippen LogP contribution in [0, 0.1) is 0 Å². The van der Waals surface area contributed by atoms with E-state index in [-0.39, 0.29) is 18.1 Å². The minimum Gasteiger partial charge on any atom is -0.466 e. The van der Waals surface area contributed by atoms with Gasteiger partial charge in [0.2, 0.25) is 0 Å². The highest BCUT2D eigenvalue weighted by Crippen LogP contribution is 1.95. The van der Waals surface area contributed by atoms with Crippen LogP contribution in [0.15, 0.2) is 0 Å². The number of ether oxygens (including phenoxy) is 1. The highest BCUT2D eigenvalue weighted by atomic mass is 16.5. The molecule has 4 heteroatoms. The van der Waals surface area contributed by atoms with Crippen LogP contribution in [0.4, 0.5) is 0 Å². The fourth-order valence-corrected chi connectivity index (χ4v) is 0.703. The van der Waals surface area contributed by atoms with E-state index in [2.05, 4.69) is 18.6 Å². The molecule has 0 aromatic rings. The molecule has 0 saturated carbocycles. The lowest BCUT2D eigenvalue weighted by Gasteiger charge is -1.89. The molecule has 3 N–H and O–H groups in total. The van der Waals surface area contributed by atoms with E-state index < -0.39 is 0 Å². The lowest BCUT2D eigenvalue weighted by molar-refractivity contribution is -0.140. The molecule has 0 bridgehead atoms. The standard InChI is InChI=1S/C6H14.C4H8O2.C2H6O.H2O/c1-3-5-6-4-2;1-3-6-4(2)5;1-2-3;/h3-6H2,1-2H3;3H2,1-2H3;3H,2H2,1H3;1H2. The van der Waals surface area contributed by atoms with Gasteiger partial charge in [-0.1, -0.05) is 39.5 Å². The van der Waals surface area contributed by atoms with Crippen molar-refractivity contribution in [1.29, 1.82) is 0 Å². The van der Waals surface area contributed by atoms with E-state index in [0.29, 0.717) is 6.61 Å². The molecule has 0 aromatic carbocycles. The Balaban J connectivity index is -0.0000000692. The summed E-state index contributed by atoms with van der Waals surface area (Å²) in [6.45, 7) is 10.0. The Morgan fingerprint density at radius 1 is 1.06 bits per heavy atom. The SMILES string of the molecule is CCCCCC.CCO.CCOC(C)=O.O. The molecule has 16 heavy (non-hydrogen) atoms. The van der Waals surface area contributed by atoms with Gasteiger partial charge >= 0.3 is 5.97 Å². The molecular weight excluding hydrogens is 208 g/mol. The first-order chi connectivity index (χ1) is 7.10. The van der Waals surface area contributed by atoms with Crippen LogP contribution >= 0.6 is 0 Å². The zero-order valence-electron chi connectivity index (χ0n) is 11.5. The van der Waals surface area contributed by atoms with Crippen LogP contribution in [0.2, 0.25) is 0 Å². The summed E-state index contributed by atoms with van der Waals surface area (Å²) in [6, 6.07) is 0. The Morgan fingerprint density at radius 2 is 1.38 bits per heavy atom. The predicted molar refractivity (Wildman–Crippen MR) is 68.5 cm³/mol. The van der Waals surface area contributed by atoms with Gasteiger partial charge in [0.1, 0.15) is 0 Å². The Morgan fingerprint density at radius 3 is 1.44 bits per heavy atom. The molecule has 0 fully saturated rings. The number of hydrogen-bond donors (Lipinski definition) is 1. The van der Waals surface area contributed by atoms with Crippen molar-refractivity contribution in [2.45, 2.75) is 60.3 Å². The molecule has 0 amide bonds. The van der Waals surface area contributed by atoms with Crippen molar-refractivity contribution < 1.29 is 20.1 Å². The second-order valence-corrected chi connectivity index (χ2v) is 2.95. The van der Waals surface area contributed by atoms with E-state index in [1.807, 2.05) is 0 Å². The number of aliphatic hydroxyl groups excluding tert-OH is 1. The van der Waals surface area contributed by atoms with Crippen LogP contribution in [-0.2, 0) is 9.53 Å². The van der Waals surface area contributed by atoms with Crippen LogP contribution in [0.1, 0.15) is 60.3 Å². The summed E-state index contributed by atoms with van der Waals surface area (Å²) >= 11 is 0. The number of hydrogen-bond acceptors (Lipinski definition) is 3. The second kappa shape index (κ2) is 29.3. The molecule has 0 spiro atoms. The molecule has 0 radical (unpaired) electrons. The van der Waals surface area contributed by atoms with E-state index in [9.17, 15) is 4.79 Å². The third-order valence-corrected chi connectivity index (χ3v) is 1.30. The van der Waals surface area contributed by atoms with Crippen molar-refractivity contribution in [1.82, 2.24) is 0 Å². The Kier molecular flexibility index (Phi) is 44.9. The van der Waals surface area contributed by atoms with Crippen LogP contribution in [0.3, 0.4) is 0 Å². The summed E-state index contributed by atoms with van der Waals surface area (Å²) in [6.07, 6.45) is 5.54. The normalized spacial score (nSPS) is 7.38. The van der Waals surface area contributed by atoms with Gasteiger partial charge in [-0.3, -0.25) is 4.79 Å². The maximum atomic E-state index is 9.82. The van der Waals surface area contributed by atoms with Gasteiger partial charge in [0.05, 0.1) is 6.61 Å². The summed E-state index contributed by atoms with van der Waals surface area (Å²) in [7, 11) is 0. The molecule has 4 nitrogen and oxygen atoms in total. The van der Waals surface area contributed by atoms with Gasteiger partial charge in [0.25, 0.3) is 0 Å². The highest BCUT2D eigenvalue weighted by molar-refractivity contribution is 5.65. The summed E-state index contributed by atoms with van der Waals surface area (Å²) < 4.78 is 4.40. The predicted octanol–water partition coefficient (Wildman–Crippen LogP) is 2.33. The molecule has 102 valence electrons. The summed E-state index contributed by atoms with van der Waals surface area (Å²) in [5.41, 5.74) is 0. The van der Waals surface area contributed by atoms with E-state index in [1.54, 1.807) is 13.8 Å². The maximum absolute atomic E-state index is 9.82. The zero-order valence-corrected chi connectivity index (χ0v) is 11.5. The first kappa shape index (κ1) is 24.6. The largest absolute Gasteiger partial charge is 0.466 e. The molecule has 0 heterocycles. The molecule has 0 aliphatic carbocycles. The summed E-state index contributed by atoms with van der Waals surface area (Å²) in [5.74, 6) is -0.211. The number of rotatable bonds is 4. The van der Waals surface area contributed by atoms with Gasteiger partial charge in [-0.15, -0.1) is 0 Å². The van der Waals surface area contributed by atoms with Gasteiger partial charge in [0.15, 0.2) is 0 Å². The Labute approximate surface area is 100 Å². The zero-order chi connectivity index (χ0) is 12.5. The first-order valence-electron chi connectivity index (χ1n) is 5.84. The average Bonchev–Trinajstić information content (AvgIpc) is 2.16. The first-order valence-corrected chi connectivity index (χ1v) is 5.84. The molecule has 0 rings (SSSR count). The fraction of sp³-hybridized carbons (Fsp3) is 0.917. The topological polar surface area (TPSA) is 78.0 Å².